The van der Waals surface area contributed by atoms with Gasteiger partial charge in [0.15, 0.2) is 0 Å². The summed E-state index contributed by atoms with van der Waals surface area (Å²) < 4.78 is 0. The van der Waals surface area contributed by atoms with Gasteiger partial charge in [0.2, 0.25) is 0 Å². The summed E-state index contributed by atoms with van der Waals surface area (Å²) in [5.74, 6) is 0. The molecule has 15 heavy (non-hydrogen) atoms. The zero-order valence-electron chi connectivity index (χ0n) is 11.3. The second-order valence-corrected chi connectivity index (χ2v) is 7.19. The van der Waals surface area contributed by atoms with Crippen LogP contribution in [-0.4, -0.2) is 5.33 Å². The maximum atomic E-state index is 3.57. The van der Waals surface area contributed by atoms with E-state index in [0.717, 1.165) is 5.33 Å². The van der Waals surface area contributed by atoms with E-state index in [4.69, 9.17) is 0 Å². The summed E-state index contributed by atoms with van der Waals surface area (Å²) in [6.45, 7) is 13.8. The van der Waals surface area contributed by atoms with Gasteiger partial charge in [-0.25, -0.2) is 0 Å². The third kappa shape index (κ3) is 9.17. The maximum absolute atomic E-state index is 3.57. The van der Waals surface area contributed by atoms with E-state index in [-0.39, 0.29) is 0 Å². The highest BCUT2D eigenvalue weighted by atomic mass is 79.9. The van der Waals surface area contributed by atoms with Crippen LogP contribution >= 0.6 is 15.9 Å². The van der Waals surface area contributed by atoms with Crippen LogP contribution in [0.15, 0.2) is 11.6 Å². The highest BCUT2D eigenvalue weighted by molar-refractivity contribution is 9.09. The molecule has 0 saturated heterocycles. The lowest BCUT2D eigenvalue weighted by atomic mass is 9.86. The van der Waals surface area contributed by atoms with Crippen molar-refractivity contribution in [2.75, 3.05) is 5.33 Å². The largest absolute Gasteiger partial charge is 0.0922 e. The molecule has 0 aliphatic carbocycles. The molecule has 0 heterocycles. The minimum Gasteiger partial charge on any atom is -0.0922 e. The van der Waals surface area contributed by atoms with Gasteiger partial charge < -0.3 is 0 Å². The van der Waals surface area contributed by atoms with E-state index < -0.39 is 0 Å². The Morgan fingerprint density at radius 3 is 2.07 bits per heavy atom. The molecule has 0 aliphatic rings. The van der Waals surface area contributed by atoms with Crippen molar-refractivity contribution >= 4 is 15.9 Å². The second-order valence-electron chi connectivity index (χ2n) is 6.62. The quantitative estimate of drug-likeness (QED) is 0.454. The zero-order chi connectivity index (χ0) is 12.1. The van der Waals surface area contributed by atoms with Crippen LogP contribution in [0.4, 0.5) is 0 Å². The van der Waals surface area contributed by atoms with Crippen molar-refractivity contribution in [2.24, 2.45) is 10.8 Å². The molecule has 0 saturated carbocycles. The van der Waals surface area contributed by atoms with Gasteiger partial charge >= 0.3 is 0 Å². The predicted octanol–water partition coefficient (Wildman–Crippen LogP) is 5.57. The number of halogens is 1. The summed E-state index contributed by atoms with van der Waals surface area (Å²) in [4.78, 5) is 0. The Labute approximate surface area is 105 Å². The van der Waals surface area contributed by atoms with Crippen molar-refractivity contribution in [3.05, 3.63) is 11.6 Å². The molecule has 0 nitrogen and oxygen atoms in total. The summed E-state index contributed by atoms with van der Waals surface area (Å²) >= 11 is 3.57. The Kier molecular flexibility index (Phi) is 6.17. The first-order chi connectivity index (χ1) is 6.66. The minimum absolute atomic E-state index is 0.391. The summed E-state index contributed by atoms with van der Waals surface area (Å²) in [5, 5.41) is 1.07. The van der Waals surface area contributed by atoms with Gasteiger partial charge in [-0.05, 0) is 37.0 Å². The molecule has 0 radical (unpaired) electrons. The topological polar surface area (TPSA) is 0 Å². The van der Waals surface area contributed by atoms with Gasteiger partial charge in [0.1, 0.15) is 0 Å². The molecule has 1 heteroatoms. The smallest absolute Gasteiger partial charge is 0.00857 e. The lowest BCUT2D eigenvalue weighted by molar-refractivity contribution is 0.379. The first-order valence-corrected chi connectivity index (χ1v) is 7.00. The summed E-state index contributed by atoms with van der Waals surface area (Å²) in [6.07, 6.45) is 6.10. The van der Waals surface area contributed by atoms with Crippen molar-refractivity contribution in [1.82, 2.24) is 0 Å². The van der Waals surface area contributed by atoms with Crippen molar-refractivity contribution < 1.29 is 0 Å². The van der Waals surface area contributed by atoms with E-state index in [2.05, 4.69) is 63.5 Å². The van der Waals surface area contributed by atoms with Crippen LogP contribution < -0.4 is 0 Å². The summed E-state index contributed by atoms with van der Waals surface area (Å²) in [6, 6.07) is 0. The lowest BCUT2D eigenvalue weighted by Gasteiger charge is -2.22. The van der Waals surface area contributed by atoms with Gasteiger partial charge in [-0.1, -0.05) is 62.2 Å². The molecule has 0 rings (SSSR count). The molecule has 0 spiro atoms. The fourth-order valence-corrected chi connectivity index (χ4v) is 1.82. The Hall–Kier alpha value is 0.220. The third-order valence-electron chi connectivity index (χ3n) is 2.51. The monoisotopic (exact) mass is 274 g/mol. The Morgan fingerprint density at radius 2 is 1.67 bits per heavy atom. The van der Waals surface area contributed by atoms with Crippen LogP contribution in [0.3, 0.4) is 0 Å². The van der Waals surface area contributed by atoms with Crippen LogP contribution in [0.2, 0.25) is 0 Å². The normalized spacial score (nSPS) is 14.5. The molecular weight excluding hydrogens is 248 g/mol. The molecule has 0 fully saturated rings. The number of allylic oxidation sites excluding steroid dienone is 2. The summed E-state index contributed by atoms with van der Waals surface area (Å²) in [7, 11) is 0. The first kappa shape index (κ1) is 15.2. The van der Waals surface area contributed by atoms with E-state index in [1.165, 1.54) is 24.8 Å². The molecule has 0 bridgehead atoms. The van der Waals surface area contributed by atoms with Gasteiger partial charge in [0.05, 0.1) is 0 Å². The van der Waals surface area contributed by atoms with Gasteiger partial charge in [-0.15, -0.1) is 0 Å². The van der Waals surface area contributed by atoms with E-state index in [9.17, 15) is 0 Å². The lowest BCUT2D eigenvalue weighted by Crippen LogP contribution is -2.13. The maximum Gasteiger partial charge on any atom is 0.00857 e. The second kappa shape index (κ2) is 6.08. The Bertz CT molecular complexity index is 206. The van der Waals surface area contributed by atoms with Gasteiger partial charge in [-0.2, -0.15) is 0 Å². The standard InChI is InChI=1S/C14H27Br/c1-12(10-14(5,6)11-15)8-7-9-13(2,3)4/h8H,7,9-11H2,1-6H3/b12-8+. The van der Waals surface area contributed by atoms with E-state index in [0.29, 0.717) is 10.8 Å². The minimum atomic E-state index is 0.391. The van der Waals surface area contributed by atoms with Crippen molar-refractivity contribution in [2.45, 2.75) is 60.8 Å². The Morgan fingerprint density at radius 1 is 1.13 bits per heavy atom. The van der Waals surface area contributed by atoms with Crippen LogP contribution in [-0.2, 0) is 0 Å². The predicted molar refractivity (Wildman–Crippen MR) is 74.6 cm³/mol. The molecule has 90 valence electrons. The van der Waals surface area contributed by atoms with Gasteiger partial charge in [0, 0.05) is 5.33 Å². The molecule has 0 aromatic heterocycles. The fourth-order valence-electron chi connectivity index (χ4n) is 1.63. The van der Waals surface area contributed by atoms with E-state index in [1.807, 2.05) is 0 Å². The van der Waals surface area contributed by atoms with Crippen LogP contribution in [0.5, 0.6) is 0 Å². The van der Waals surface area contributed by atoms with E-state index >= 15 is 0 Å². The molecule has 0 aliphatic heterocycles. The number of hydrogen-bond acceptors (Lipinski definition) is 0. The fraction of sp³-hybridized carbons (Fsp3) is 0.857. The number of alkyl halides is 1. The van der Waals surface area contributed by atoms with Crippen molar-refractivity contribution in [3.63, 3.8) is 0 Å². The Balaban J connectivity index is 4.00. The van der Waals surface area contributed by atoms with Gasteiger partial charge in [-0.3, -0.25) is 0 Å². The number of rotatable bonds is 5. The molecule has 0 atom stereocenters. The highest BCUT2D eigenvalue weighted by Gasteiger charge is 2.16. The van der Waals surface area contributed by atoms with Crippen molar-refractivity contribution in [1.29, 1.82) is 0 Å². The van der Waals surface area contributed by atoms with Crippen LogP contribution in [0, 0.1) is 10.8 Å². The molecule has 0 N–H and O–H groups in total. The molecular formula is C14H27Br. The third-order valence-corrected chi connectivity index (χ3v) is 4.02. The summed E-state index contributed by atoms with van der Waals surface area (Å²) in [5.41, 5.74) is 2.38. The van der Waals surface area contributed by atoms with Gasteiger partial charge in [0.25, 0.3) is 0 Å². The molecule has 0 amide bonds. The molecule has 0 aromatic rings. The average Bonchev–Trinajstić information content (AvgIpc) is 2.00. The van der Waals surface area contributed by atoms with Crippen molar-refractivity contribution in [3.8, 4) is 0 Å². The average molecular weight is 275 g/mol. The molecule has 0 unspecified atom stereocenters. The zero-order valence-corrected chi connectivity index (χ0v) is 12.9. The SMILES string of the molecule is C/C(=C\CCC(C)(C)C)CC(C)(C)CBr. The van der Waals surface area contributed by atoms with E-state index in [1.54, 1.807) is 0 Å². The number of hydrogen-bond donors (Lipinski definition) is 0. The molecule has 0 aromatic carbocycles. The highest BCUT2D eigenvalue weighted by Crippen LogP contribution is 2.28. The van der Waals surface area contributed by atoms with Crippen LogP contribution in [0.25, 0.3) is 0 Å². The first-order valence-electron chi connectivity index (χ1n) is 5.88. The van der Waals surface area contributed by atoms with Crippen LogP contribution in [0.1, 0.15) is 60.8 Å².